The van der Waals surface area contributed by atoms with Crippen LogP contribution < -0.4 is 11.1 Å². The maximum atomic E-state index is 10.4. The SMILES string of the molecule is NC(CCNC1=NCCOC1)C(=O)O. The first-order valence-electron chi connectivity index (χ1n) is 4.53. The van der Waals surface area contributed by atoms with Crippen molar-refractivity contribution >= 4 is 11.8 Å². The molecular weight excluding hydrogens is 186 g/mol. The van der Waals surface area contributed by atoms with Crippen LogP contribution in [0.15, 0.2) is 4.99 Å². The summed E-state index contributed by atoms with van der Waals surface area (Å²) >= 11 is 0. The predicted molar refractivity (Wildman–Crippen MR) is 51.4 cm³/mol. The zero-order valence-electron chi connectivity index (χ0n) is 7.90. The fourth-order valence-corrected chi connectivity index (χ4v) is 1.06. The lowest BCUT2D eigenvalue weighted by molar-refractivity contribution is -0.138. The fourth-order valence-electron chi connectivity index (χ4n) is 1.06. The van der Waals surface area contributed by atoms with Gasteiger partial charge in [0.15, 0.2) is 0 Å². The quantitative estimate of drug-likeness (QED) is 0.531. The second-order valence-corrected chi connectivity index (χ2v) is 3.04. The van der Waals surface area contributed by atoms with E-state index in [1.54, 1.807) is 0 Å². The molecule has 1 aliphatic rings. The monoisotopic (exact) mass is 201 g/mol. The molecule has 0 radical (unpaired) electrons. The summed E-state index contributed by atoms with van der Waals surface area (Å²) in [5, 5.41) is 11.5. The summed E-state index contributed by atoms with van der Waals surface area (Å²) in [4.78, 5) is 14.5. The lowest BCUT2D eigenvalue weighted by Gasteiger charge is -2.15. The Bertz CT molecular complexity index is 230. The summed E-state index contributed by atoms with van der Waals surface area (Å²) in [5.41, 5.74) is 5.32. The van der Waals surface area contributed by atoms with E-state index in [1.165, 1.54) is 0 Å². The average Bonchev–Trinajstić information content (AvgIpc) is 2.19. The number of ether oxygens (including phenoxy) is 1. The Morgan fingerprint density at radius 2 is 2.57 bits per heavy atom. The Labute approximate surface area is 82.1 Å². The van der Waals surface area contributed by atoms with Gasteiger partial charge in [-0.25, -0.2) is 0 Å². The Morgan fingerprint density at radius 1 is 1.79 bits per heavy atom. The zero-order valence-corrected chi connectivity index (χ0v) is 7.90. The van der Waals surface area contributed by atoms with Crippen LogP contribution in [0, 0.1) is 0 Å². The number of hydrogen-bond donors (Lipinski definition) is 3. The van der Waals surface area contributed by atoms with Gasteiger partial charge in [-0.15, -0.1) is 0 Å². The average molecular weight is 201 g/mol. The highest BCUT2D eigenvalue weighted by molar-refractivity contribution is 5.83. The number of hydrogen-bond acceptors (Lipinski definition) is 5. The number of carboxylic acid groups (broad SMARTS) is 1. The third kappa shape index (κ3) is 3.71. The molecule has 0 bridgehead atoms. The number of nitrogens with two attached hydrogens (primary N) is 1. The van der Waals surface area contributed by atoms with E-state index < -0.39 is 12.0 Å². The number of carboxylic acids is 1. The minimum Gasteiger partial charge on any atom is -0.480 e. The molecule has 1 rings (SSSR count). The van der Waals surface area contributed by atoms with Crippen LogP contribution >= 0.6 is 0 Å². The summed E-state index contributed by atoms with van der Waals surface area (Å²) in [6.07, 6.45) is 0.383. The van der Waals surface area contributed by atoms with E-state index in [1.807, 2.05) is 0 Å². The molecule has 0 aromatic carbocycles. The number of aliphatic imine (C=N–C) groups is 1. The van der Waals surface area contributed by atoms with Crippen LogP contribution in [0.2, 0.25) is 0 Å². The van der Waals surface area contributed by atoms with Crippen molar-refractivity contribution in [3.8, 4) is 0 Å². The van der Waals surface area contributed by atoms with Crippen LogP contribution in [0.4, 0.5) is 0 Å². The third-order valence-electron chi connectivity index (χ3n) is 1.88. The van der Waals surface area contributed by atoms with Crippen LogP contribution in [0.3, 0.4) is 0 Å². The van der Waals surface area contributed by atoms with Gasteiger partial charge in [0.05, 0.1) is 13.2 Å². The van der Waals surface area contributed by atoms with E-state index in [4.69, 9.17) is 15.6 Å². The number of amidine groups is 1. The standard InChI is InChI=1S/C8H15N3O3/c9-6(8(12)13)1-2-10-7-5-14-4-3-11-7/h6H,1-5,9H2,(H,10,11)(H,12,13). The molecule has 0 saturated heterocycles. The second kappa shape index (κ2) is 5.56. The van der Waals surface area contributed by atoms with E-state index in [9.17, 15) is 4.79 Å². The number of carbonyl (C=O) groups is 1. The van der Waals surface area contributed by atoms with E-state index in [2.05, 4.69) is 10.3 Å². The molecule has 0 amide bonds. The molecule has 6 heteroatoms. The molecule has 0 saturated carbocycles. The predicted octanol–water partition coefficient (Wildman–Crippen LogP) is -1.19. The lowest BCUT2D eigenvalue weighted by Crippen LogP contribution is -2.37. The molecule has 1 aliphatic heterocycles. The number of nitrogens with one attached hydrogen (secondary N) is 1. The molecule has 6 nitrogen and oxygen atoms in total. The third-order valence-corrected chi connectivity index (χ3v) is 1.88. The van der Waals surface area contributed by atoms with Gasteiger partial charge in [-0.1, -0.05) is 0 Å². The highest BCUT2D eigenvalue weighted by Gasteiger charge is 2.11. The molecule has 80 valence electrons. The van der Waals surface area contributed by atoms with Crippen molar-refractivity contribution in [1.29, 1.82) is 0 Å². The van der Waals surface area contributed by atoms with Gasteiger partial charge in [-0.2, -0.15) is 0 Å². The molecule has 0 fully saturated rings. The lowest BCUT2D eigenvalue weighted by atomic mass is 10.2. The smallest absolute Gasteiger partial charge is 0.320 e. The maximum absolute atomic E-state index is 10.4. The van der Waals surface area contributed by atoms with Crippen LogP contribution in [0.1, 0.15) is 6.42 Å². The molecule has 1 atom stereocenters. The number of rotatable bonds is 4. The van der Waals surface area contributed by atoms with Crippen LogP contribution in [0.25, 0.3) is 0 Å². The van der Waals surface area contributed by atoms with Crippen LogP contribution in [-0.4, -0.2) is 49.3 Å². The zero-order chi connectivity index (χ0) is 10.4. The Morgan fingerprint density at radius 3 is 3.14 bits per heavy atom. The van der Waals surface area contributed by atoms with Crippen LogP contribution in [0.5, 0.6) is 0 Å². The molecular formula is C8H15N3O3. The van der Waals surface area contributed by atoms with Gasteiger partial charge in [-0.3, -0.25) is 9.79 Å². The fraction of sp³-hybridized carbons (Fsp3) is 0.750. The van der Waals surface area contributed by atoms with Gasteiger partial charge in [0.2, 0.25) is 0 Å². The molecule has 0 aromatic rings. The van der Waals surface area contributed by atoms with Gasteiger partial charge in [0.1, 0.15) is 18.5 Å². The summed E-state index contributed by atoms with van der Waals surface area (Å²) in [6, 6.07) is -0.812. The van der Waals surface area contributed by atoms with Crippen molar-refractivity contribution in [2.45, 2.75) is 12.5 Å². The van der Waals surface area contributed by atoms with E-state index >= 15 is 0 Å². The first-order valence-corrected chi connectivity index (χ1v) is 4.53. The second-order valence-electron chi connectivity index (χ2n) is 3.04. The van der Waals surface area contributed by atoms with Crippen molar-refractivity contribution in [2.75, 3.05) is 26.3 Å². The van der Waals surface area contributed by atoms with Gasteiger partial charge >= 0.3 is 5.97 Å². The molecule has 0 aliphatic carbocycles. The minimum absolute atomic E-state index is 0.383. The van der Waals surface area contributed by atoms with Crippen LogP contribution in [-0.2, 0) is 9.53 Å². The summed E-state index contributed by atoms with van der Waals surface area (Å²) in [5.74, 6) is -0.206. The van der Waals surface area contributed by atoms with E-state index in [0.717, 1.165) is 5.84 Å². The maximum Gasteiger partial charge on any atom is 0.320 e. The largest absolute Gasteiger partial charge is 0.480 e. The molecule has 14 heavy (non-hydrogen) atoms. The van der Waals surface area contributed by atoms with E-state index in [0.29, 0.717) is 32.7 Å². The summed E-state index contributed by atoms with van der Waals surface area (Å²) in [7, 11) is 0. The topological polar surface area (TPSA) is 96.9 Å². The minimum atomic E-state index is -0.978. The molecule has 0 aromatic heterocycles. The van der Waals surface area contributed by atoms with Crippen molar-refractivity contribution in [2.24, 2.45) is 10.7 Å². The Balaban J connectivity index is 2.14. The Hall–Kier alpha value is -1.14. The number of aliphatic carboxylic acids is 1. The first kappa shape index (κ1) is 10.9. The molecule has 4 N–H and O–H groups in total. The first-order chi connectivity index (χ1) is 6.70. The van der Waals surface area contributed by atoms with Gasteiger partial charge in [0.25, 0.3) is 0 Å². The normalized spacial score (nSPS) is 18.5. The molecule has 1 heterocycles. The Kier molecular flexibility index (Phi) is 4.34. The summed E-state index contributed by atoms with van der Waals surface area (Å²) < 4.78 is 5.15. The number of nitrogens with zero attached hydrogens (tertiary/aromatic N) is 1. The highest BCUT2D eigenvalue weighted by atomic mass is 16.5. The van der Waals surface area contributed by atoms with Gasteiger partial charge in [0, 0.05) is 6.54 Å². The van der Waals surface area contributed by atoms with Crippen molar-refractivity contribution in [1.82, 2.24) is 5.32 Å². The highest BCUT2D eigenvalue weighted by Crippen LogP contribution is 1.90. The molecule has 0 spiro atoms. The van der Waals surface area contributed by atoms with Crippen molar-refractivity contribution in [3.63, 3.8) is 0 Å². The summed E-state index contributed by atoms with van der Waals surface area (Å²) in [6.45, 7) is 2.30. The van der Waals surface area contributed by atoms with Gasteiger partial charge < -0.3 is 20.9 Å². The van der Waals surface area contributed by atoms with Crippen molar-refractivity contribution < 1.29 is 14.6 Å². The van der Waals surface area contributed by atoms with E-state index in [-0.39, 0.29) is 0 Å². The molecule has 1 unspecified atom stereocenters. The van der Waals surface area contributed by atoms with Gasteiger partial charge in [-0.05, 0) is 6.42 Å². The van der Waals surface area contributed by atoms with Crippen molar-refractivity contribution in [3.05, 3.63) is 0 Å².